The molecule has 14 heteroatoms. The summed E-state index contributed by atoms with van der Waals surface area (Å²) in [5.41, 5.74) is 0.297. The third-order valence-electron chi connectivity index (χ3n) is 5.96. The van der Waals surface area contributed by atoms with Gasteiger partial charge < -0.3 is 0 Å². The van der Waals surface area contributed by atoms with Crippen LogP contribution in [-0.2, 0) is 35.5 Å². The zero-order valence-corrected chi connectivity index (χ0v) is 25.7. The van der Waals surface area contributed by atoms with E-state index in [0.29, 0.717) is 13.1 Å². The van der Waals surface area contributed by atoms with Gasteiger partial charge in [0.15, 0.2) is 0 Å². The Morgan fingerprint density at radius 3 is 1.43 bits per heavy atom. The first-order valence-corrected chi connectivity index (χ1v) is 16.8. The van der Waals surface area contributed by atoms with Gasteiger partial charge in [0.05, 0.1) is 0 Å². The first-order valence-electron chi connectivity index (χ1n) is 12.3. The van der Waals surface area contributed by atoms with Crippen LogP contribution in [0.3, 0.4) is 0 Å². The monoisotopic (exact) mass is 760 g/mol. The van der Waals surface area contributed by atoms with E-state index in [0.717, 1.165) is 38.7 Å². The predicted octanol–water partition coefficient (Wildman–Crippen LogP) is 3.40. The van der Waals surface area contributed by atoms with E-state index in [1.54, 1.807) is 0 Å². The molecule has 0 bridgehead atoms. The Labute approximate surface area is 239 Å². The van der Waals surface area contributed by atoms with Crippen molar-refractivity contribution in [3.8, 4) is 0 Å². The van der Waals surface area contributed by atoms with E-state index in [-0.39, 0.29) is 10.9 Å². The first-order chi connectivity index (χ1) is 18.7. The average Bonchev–Trinajstić information content (AvgIpc) is 2.87. The fraction of sp³-hybridized carbons (Fsp3) is 0.308. The summed E-state index contributed by atoms with van der Waals surface area (Å²) in [6.45, 7) is 1.08. The molecule has 1 aliphatic heterocycles. The summed E-state index contributed by atoms with van der Waals surface area (Å²) in [6.07, 6.45) is -9.19. The van der Waals surface area contributed by atoms with Crippen molar-refractivity contribution in [3.05, 3.63) is 89.0 Å². The molecule has 1 fully saturated rings. The summed E-state index contributed by atoms with van der Waals surface area (Å²) in [4.78, 5) is 3.94. The Kier molecular flexibility index (Phi) is 9.69. The number of hydrogen-bond acceptors (Lipinski definition) is 5. The Morgan fingerprint density at radius 1 is 0.650 bits per heavy atom. The van der Waals surface area contributed by atoms with Gasteiger partial charge in [0.1, 0.15) is 0 Å². The fourth-order valence-electron chi connectivity index (χ4n) is 4.28. The first kappa shape index (κ1) is 31.0. The van der Waals surface area contributed by atoms with Gasteiger partial charge in [0.25, 0.3) is 0 Å². The van der Waals surface area contributed by atoms with Crippen LogP contribution in [0.2, 0.25) is 0 Å². The van der Waals surface area contributed by atoms with E-state index in [1.165, 1.54) is 24.3 Å². The summed E-state index contributed by atoms with van der Waals surface area (Å²) >= 11 is -3.85. The normalized spacial score (nSPS) is 15.4. The standard InChI is InChI=1S/C14H8B2F6O3.C12H19N2.Bi/c17-13(18,19)9-3-1-5-11(7-9)15(23)25-16(24)12-6-2-4-10(8-12)14(20,21)22;1-13(2)9-11-6-5-7-12(8-11)10-14(3)4;/h1-8H;5-7H,9-10H2,1-4H3;/q-2;;+2. The number of alkyl halides is 6. The van der Waals surface area contributed by atoms with Crippen LogP contribution < -0.4 is 14.2 Å². The number of benzene rings is 3. The van der Waals surface area contributed by atoms with Gasteiger partial charge in [0, 0.05) is 0 Å². The summed E-state index contributed by atoms with van der Waals surface area (Å²) in [6, 6.07) is 14.9. The van der Waals surface area contributed by atoms with Crippen molar-refractivity contribution in [1.82, 2.24) is 9.80 Å². The van der Waals surface area contributed by atoms with Crippen molar-refractivity contribution in [2.45, 2.75) is 25.4 Å². The van der Waals surface area contributed by atoms with Crippen LogP contribution in [0.4, 0.5) is 26.3 Å². The topological polar surface area (TPSA) is 34.2 Å². The third kappa shape index (κ3) is 7.66. The van der Waals surface area contributed by atoms with Crippen LogP contribution in [0.15, 0.2) is 66.7 Å². The molecule has 0 saturated carbocycles. The summed E-state index contributed by atoms with van der Waals surface area (Å²) < 4.78 is 101. The molecular formula is C26H27B2BiF6N2O3. The van der Waals surface area contributed by atoms with Gasteiger partial charge in [-0.25, -0.2) is 0 Å². The second kappa shape index (κ2) is 12.5. The SMILES string of the molecule is CN(C)Cc1cccc(CN(C)C)[c]1[Bi]1[O]B(c2cccc(C(F)(F)F)c2)OB(c2cccc(C(F)(F)F)c2)[O]1. The Morgan fingerprint density at radius 2 is 1.05 bits per heavy atom. The van der Waals surface area contributed by atoms with E-state index in [9.17, 15) is 26.3 Å². The quantitative estimate of drug-likeness (QED) is 0.273. The maximum absolute atomic E-state index is 13.5. The molecule has 0 aliphatic carbocycles. The van der Waals surface area contributed by atoms with Crippen molar-refractivity contribution in [2.75, 3.05) is 28.2 Å². The van der Waals surface area contributed by atoms with Crippen LogP contribution in [0.5, 0.6) is 0 Å². The molecule has 3 aromatic carbocycles. The van der Waals surface area contributed by atoms with Crippen LogP contribution in [0.25, 0.3) is 0 Å². The third-order valence-corrected chi connectivity index (χ3v) is 12.6. The van der Waals surface area contributed by atoms with Gasteiger partial charge in [0.2, 0.25) is 0 Å². The average molecular weight is 760 g/mol. The number of rotatable bonds is 7. The molecule has 40 heavy (non-hydrogen) atoms. The van der Waals surface area contributed by atoms with Gasteiger partial charge in [-0.15, -0.1) is 0 Å². The molecule has 212 valence electrons. The molecule has 0 atom stereocenters. The molecule has 0 aromatic heterocycles. The second-order valence-corrected chi connectivity index (χ2v) is 15.3. The van der Waals surface area contributed by atoms with E-state index in [1.807, 2.05) is 56.2 Å². The van der Waals surface area contributed by atoms with Crippen molar-refractivity contribution in [2.24, 2.45) is 0 Å². The van der Waals surface area contributed by atoms with E-state index < -0.39 is 60.3 Å². The molecule has 0 spiro atoms. The van der Waals surface area contributed by atoms with Crippen LogP contribution >= 0.6 is 0 Å². The number of halogens is 6. The summed E-state index contributed by atoms with van der Waals surface area (Å²) in [5.74, 6) is 0. The summed E-state index contributed by atoms with van der Waals surface area (Å²) in [5, 5.41) is 0. The number of hydrogen-bond donors (Lipinski definition) is 0. The molecule has 5 nitrogen and oxygen atoms in total. The van der Waals surface area contributed by atoms with E-state index >= 15 is 0 Å². The van der Waals surface area contributed by atoms with Crippen molar-refractivity contribution >= 4 is 51.1 Å². The van der Waals surface area contributed by atoms with Gasteiger partial charge >= 0.3 is 240 Å². The predicted molar refractivity (Wildman–Crippen MR) is 144 cm³/mol. The molecule has 1 aliphatic rings. The molecule has 0 unspecified atom stereocenters. The van der Waals surface area contributed by atoms with Crippen LogP contribution in [-0.4, -0.2) is 74.9 Å². The van der Waals surface area contributed by atoms with Crippen LogP contribution in [0, 0.1) is 0 Å². The maximum atomic E-state index is 13.5. The Hall–Kier alpha value is -1.95. The molecule has 3 aromatic rings. The van der Waals surface area contributed by atoms with E-state index in [4.69, 9.17) is 10.0 Å². The molecule has 4 rings (SSSR count). The van der Waals surface area contributed by atoms with Gasteiger partial charge in [-0.1, -0.05) is 0 Å². The minimum atomic E-state index is -4.60. The van der Waals surface area contributed by atoms with E-state index in [2.05, 4.69) is 0 Å². The second-order valence-electron chi connectivity index (χ2n) is 9.91. The van der Waals surface area contributed by atoms with Crippen molar-refractivity contribution in [1.29, 1.82) is 0 Å². The molecule has 0 radical (unpaired) electrons. The summed E-state index contributed by atoms with van der Waals surface area (Å²) in [7, 11) is 5.07. The Balaban J connectivity index is 1.83. The Bertz CT molecular complexity index is 1230. The fourth-order valence-corrected chi connectivity index (χ4v) is 10.9. The molecular weight excluding hydrogens is 733 g/mol. The van der Waals surface area contributed by atoms with Crippen LogP contribution in [0.1, 0.15) is 22.3 Å². The molecule has 1 heterocycles. The molecule has 1 saturated heterocycles. The zero-order chi connectivity index (χ0) is 29.2. The minimum absolute atomic E-state index is 0.106. The number of nitrogens with zero attached hydrogens (tertiary/aromatic N) is 2. The van der Waals surface area contributed by atoms with Gasteiger partial charge in [-0.3, -0.25) is 0 Å². The molecule has 0 amide bonds. The van der Waals surface area contributed by atoms with Gasteiger partial charge in [-0.2, -0.15) is 0 Å². The van der Waals surface area contributed by atoms with Crippen molar-refractivity contribution in [3.63, 3.8) is 0 Å². The van der Waals surface area contributed by atoms with Crippen molar-refractivity contribution < 1.29 is 36.4 Å². The molecule has 0 N–H and O–H groups in total. The zero-order valence-electron chi connectivity index (χ0n) is 22.3. The van der Waals surface area contributed by atoms with Gasteiger partial charge in [-0.05, 0) is 0 Å².